The van der Waals surface area contributed by atoms with Crippen molar-refractivity contribution in [3.8, 4) is 0 Å². The maximum absolute atomic E-state index is 12.5. The maximum Gasteiger partial charge on any atom is 0.332 e. The van der Waals surface area contributed by atoms with Gasteiger partial charge in [-0.25, -0.2) is 9.18 Å². The minimum Gasteiger partial charge on any atom is -0.479 e. The molecule has 0 saturated carbocycles. The van der Waals surface area contributed by atoms with Crippen LogP contribution in [0.5, 0.6) is 0 Å². The molecule has 0 aliphatic rings. The molecule has 15 heavy (non-hydrogen) atoms. The zero-order chi connectivity index (χ0) is 11.3. The van der Waals surface area contributed by atoms with E-state index in [1.54, 1.807) is 12.1 Å². The molecule has 1 aromatic rings. The van der Waals surface area contributed by atoms with Crippen molar-refractivity contribution in [2.75, 3.05) is 0 Å². The first kappa shape index (κ1) is 11.7. The van der Waals surface area contributed by atoms with Gasteiger partial charge in [-0.15, -0.1) is 0 Å². The topological polar surface area (TPSA) is 57.5 Å². The van der Waals surface area contributed by atoms with Crippen LogP contribution in [0.4, 0.5) is 4.39 Å². The van der Waals surface area contributed by atoms with Gasteiger partial charge in [-0.1, -0.05) is 12.1 Å². The van der Waals surface area contributed by atoms with Crippen LogP contribution >= 0.6 is 0 Å². The second-order valence-electron chi connectivity index (χ2n) is 3.37. The number of hydrogen-bond acceptors (Lipinski definition) is 2. The van der Waals surface area contributed by atoms with Gasteiger partial charge in [0.2, 0.25) is 0 Å². The zero-order valence-electron chi connectivity index (χ0n) is 8.19. The molecular weight excluding hydrogens is 199 g/mol. The lowest BCUT2D eigenvalue weighted by atomic mass is 10.1. The van der Waals surface area contributed by atoms with Crippen LogP contribution in [-0.4, -0.2) is 22.3 Å². The standard InChI is InChI=1S/C11H13FO3/c12-9-6-4-8(5-7-9)2-1-3-10(13)11(14)15/h4-7,10,13H,1-3H2,(H,14,15). The predicted octanol–water partition coefficient (Wildman–Crippen LogP) is 1.59. The molecule has 1 rings (SSSR count). The van der Waals surface area contributed by atoms with Gasteiger partial charge < -0.3 is 10.2 Å². The Kier molecular flexibility index (Phi) is 4.24. The van der Waals surface area contributed by atoms with E-state index in [9.17, 15) is 9.18 Å². The van der Waals surface area contributed by atoms with E-state index in [0.717, 1.165) is 5.56 Å². The molecule has 2 N–H and O–H groups in total. The summed E-state index contributed by atoms with van der Waals surface area (Å²) in [7, 11) is 0. The largest absolute Gasteiger partial charge is 0.479 e. The number of carboxylic acids is 1. The third-order valence-corrected chi connectivity index (χ3v) is 2.14. The molecule has 4 heteroatoms. The fraction of sp³-hybridized carbons (Fsp3) is 0.364. The Morgan fingerprint density at radius 2 is 1.93 bits per heavy atom. The van der Waals surface area contributed by atoms with E-state index >= 15 is 0 Å². The van der Waals surface area contributed by atoms with E-state index in [4.69, 9.17) is 10.2 Å². The van der Waals surface area contributed by atoms with Crippen molar-refractivity contribution in [2.45, 2.75) is 25.4 Å². The lowest BCUT2D eigenvalue weighted by molar-refractivity contribution is -0.146. The van der Waals surface area contributed by atoms with E-state index in [-0.39, 0.29) is 12.2 Å². The van der Waals surface area contributed by atoms with Gasteiger partial charge in [0.05, 0.1) is 0 Å². The third kappa shape index (κ3) is 4.08. The molecule has 0 aromatic heterocycles. The Hall–Kier alpha value is -1.42. The van der Waals surface area contributed by atoms with Crippen molar-refractivity contribution < 1.29 is 19.4 Å². The number of aryl methyl sites for hydroxylation is 1. The maximum atomic E-state index is 12.5. The fourth-order valence-electron chi connectivity index (χ4n) is 1.27. The first-order chi connectivity index (χ1) is 7.09. The van der Waals surface area contributed by atoms with E-state index in [1.165, 1.54) is 12.1 Å². The summed E-state index contributed by atoms with van der Waals surface area (Å²) in [5.41, 5.74) is 0.939. The average molecular weight is 212 g/mol. The normalized spacial score (nSPS) is 12.4. The van der Waals surface area contributed by atoms with E-state index in [0.29, 0.717) is 12.8 Å². The van der Waals surface area contributed by atoms with Crippen molar-refractivity contribution in [1.29, 1.82) is 0 Å². The monoisotopic (exact) mass is 212 g/mol. The third-order valence-electron chi connectivity index (χ3n) is 2.14. The number of halogens is 1. The molecule has 0 aliphatic heterocycles. The van der Waals surface area contributed by atoms with Crippen LogP contribution in [0.1, 0.15) is 18.4 Å². The Morgan fingerprint density at radius 1 is 1.33 bits per heavy atom. The molecule has 0 saturated heterocycles. The van der Waals surface area contributed by atoms with E-state index < -0.39 is 12.1 Å². The minimum atomic E-state index is -1.30. The molecule has 0 aliphatic carbocycles. The summed E-state index contributed by atoms with van der Waals surface area (Å²) >= 11 is 0. The average Bonchev–Trinajstić information content (AvgIpc) is 2.20. The van der Waals surface area contributed by atoms with Crippen LogP contribution < -0.4 is 0 Å². The Labute approximate surface area is 87.2 Å². The van der Waals surface area contributed by atoms with Gasteiger partial charge in [0.15, 0.2) is 6.10 Å². The van der Waals surface area contributed by atoms with Gasteiger partial charge in [0, 0.05) is 0 Å². The summed E-state index contributed by atoms with van der Waals surface area (Å²) in [5, 5.41) is 17.4. The van der Waals surface area contributed by atoms with Crippen molar-refractivity contribution in [3.05, 3.63) is 35.6 Å². The highest BCUT2D eigenvalue weighted by Gasteiger charge is 2.11. The summed E-state index contributed by atoms with van der Waals surface area (Å²) in [4.78, 5) is 10.3. The molecule has 1 unspecified atom stereocenters. The highest BCUT2D eigenvalue weighted by molar-refractivity contribution is 5.71. The number of aliphatic hydroxyl groups is 1. The van der Waals surface area contributed by atoms with Crippen molar-refractivity contribution in [2.24, 2.45) is 0 Å². The molecule has 0 fully saturated rings. The smallest absolute Gasteiger partial charge is 0.332 e. The molecule has 0 amide bonds. The summed E-state index contributed by atoms with van der Waals surface area (Å²) in [5.74, 6) is -1.49. The van der Waals surface area contributed by atoms with Gasteiger partial charge in [-0.05, 0) is 37.0 Å². The van der Waals surface area contributed by atoms with Crippen LogP contribution in [0.3, 0.4) is 0 Å². The van der Waals surface area contributed by atoms with Crippen LogP contribution in [-0.2, 0) is 11.2 Å². The number of benzene rings is 1. The van der Waals surface area contributed by atoms with Gasteiger partial charge in [0.25, 0.3) is 0 Å². The molecular formula is C11H13FO3. The Bertz CT molecular complexity index is 321. The first-order valence-corrected chi connectivity index (χ1v) is 4.75. The van der Waals surface area contributed by atoms with Crippen LogP contribution in [0.25, 0.3) is 0 Å². The molecule has 0 bridgehead atoms. The Balaban J connectivity index is 2.32. The number of rotatable bonds is 5. The van der Waals surface area contributed by atoms with E-state index in [2.05, 4.69) is 0 Å². The molecule has 82 valence electrons. The number of carbonyl (C=O) groups is 1. The number of hydrogen-bond donors (Lipinski definition) is 2. The van der Waals surface area contributed by atoms with E-state index in [1.807, 2.05) is 0 Å². The molecule has 0 spiro atoms. The molecule has 1 atom stereocenters. The van der Waals surface area contributed by atoms with Crippen LogP contribution in [0, 0.1) is 5.82 Å². The van der Waals surface area contributed by atoms with Crippen molar-refractivity contribution in [3.63, 3.8) is 0 Å². The fourth-order valence-corrected chi connectivity index (χ4v) is 1.27. The lowest BCUT2D eigenvalue weighted by Crippen LogP contribution is -2.19. The van der Waals surface area contributed by atoms with Crippen molar-refractivity contribution in [1.82, 2.24) is 0 Å². The molecule has 1 aromatic carbocycles. The minimum absolute atomic E-state index is 0.215. The highest BCUT2D eigenvalue weighted by Crippen LogP contribution is 2.08. The summed E-state index contributed by atoms with van der Waals surface area (Å²) in [6.45, 7) is 0. The molecule has 0 heterocycles. The predicted molar refractivity (Wildman–Crippen MR) is 53.0 cm³/mol. The summed E-state index contributed by atoms with van der Waals surface area (Å²) in [6, 6.07) is 6.04. The number of aliphatic hydroxyl groups excluding tert-OH is 1. The van der Waals surface area contributed by atoms with Gasteiger partial charge in [-0.3, -0.25) is 0 Å². The quantitative estimate of drug-likeness (QED) is 0.779. The second kappa shape index (κ2) is 5.46. The summed E-state index contributed by atoms with van der Waals surface area (Å²) in [6.07, 6.45) is 0.127. The lowest BCUT2D eigenvalue weighted by Gasteiger charge is -2.04. The van der Waals surface area contributed by atoms with Gasteiger partial charge in [0.1, 0.15) is 5.82 Å². The second-order valence-corrected chi connectivity index (χ2v) is 3.37. The molecule has 0 radical (unpaired) electrons. The van der Waals surface area contributed by atoms with Crippen LogP contribution in [0.15, 0.2) is 24.3 Å². The molecule has 3 nitrogen and oxygen atoms in total. The Morgan fingerprint density at radius 3 is 2.47 bits per heavy atom. The first-order valence-electron chi connectivity index (χ1n) is 4.75. The zero-order valence-corrected chi connectivity index (χ0v) is 8.19. The van der Waals surface area contributed by atoms with Crippen LogP contribution in [0.2, 0.25) is 0 Å². The SMILES string of the molecule is O=C(O)C(O)CCCc1ccc(F)cc1. The van der Waals surface area contributed by atoms with Crippen molar-refractivity contribution >= 4 is 5.97 Å². The van der Waals surface area contributed by atoms with Gasteiger partial charge >= 0.3 is 5.97 Å². The number of carboxylic acid groups (broad SMARTS) is 1. The summed E-state index contributed by atoms with van der Waals surface area (Å²) < 4.78 is 12.5. The highest BCUT2D eigenvalue weighted by atomic mass is 19.1. The van der Waals surface area contributed by atoms with Gasteiger partial charge in [-0.2, -0.15) is 0 Å². The number of aliphatic carboxylic acids is 1.